The molecule has 0 saturated carbocycles. The first-order chi connectivity index (χ1) is 16.1. The fourth-order valence-corrected chi connectivity index (χ4v) is 4.95. The van der Waals surface area contributed by atoms with Crippen molar-refractivity contribution in [2.45, 2.75) is 44.8 Å². The van der Waals surface area contributed by atoms with Crippen LogP contribution in [0.4, 0.5) is 4.39 Å². The van der Waals surface area contributed by atoms with Crippen molar-refractivity contribution in [1.29, 1.82) is 0 Å². The number of rotatable bonds is 10. The molecule has 1 aromatic heterocycles. The van der Waals surface area contributed by atoms with E-state index in [9.17, 15) is 9.18 Å². The molecule has 2 heterocycles. The summed E-state index contributed by atoms with van der Waals surface area (Å²) >= 11 is 0. The Morgan fingerprint density at radius 2 is 2.03 bits per heavy atom. The van der Waals surface area contributed by atoms with E-state index in [0.29, 0.717) is 44.1 Å². The second-order valence-electron chi connectivity index (χ2n) is 8.26. The van der Waals surface area contributed by atoms with Gasteiger partial charge in [0.25, 0.3) is 0 Å². The monoisotopic (exact) mass is 454 g/mol. The zero-order chi connectivity index (χ0) is 23.4. The number of ether oxygens (including phenoxy) is 3. The lowest BCUT2D eigenvalue weighted by molar-refractivity contribution is -0.124. The highest BCUT2D eigenvalue weighted by atomic mass is 19.1. The molecule has 6 nitrogen and oxygen atoms in total. The quantitative estimate of drug-likeness (QED) is 0.447. The van der Waals surface area contributed by atoms with Crippen molar-refractivity contribution in [2.75, 3.05) is 26.9 Å². The van der Waals surface area contributed by atoms with Crippen LogP contribution in [0.25, 0.3) is 10.9 Å². The van der Waals surface area contributed by atoms with Crippen LogP contribution in [0.1, 0.15) is 37.0 Å². The van der Waals surface area contributed by atoms with E-state index in [-0.39, 0.29) is 5.82 Å². The third-order valence-electron chi connectivity index (χ3n) is 6.48. The van der Waals surface area contributed by atoms with Crippen molar-refractivity contribution in [3.8, 4) is 11.5 Å². The molecule has 4 rings (SSSR count). The fraction of sp³-hybridized carbons (Fsp3) is 0.423. The van der Waals surface area contributed by atoms with Crippen LogP contribution >= 0.6 is 0 Å². The number of aldehydes is 1. The first-order valence-electron chi connectivity index (χ1n) is 11.5. The van der Waals surface area contributed by atoms with Crippen LogP contribution in [0.2, 0.25) is 0 Å². The summed E-state index contributed by atoms with van der Waals surface area (Å²) in [6, 6.07) is 8.73. The Bertz CT molecular complexity index is 1130. The minimum atomic E-state index is -0.750. The average Bonchev–Trinajstić information content (AvgIpc) is 3.23. The molecule has 1 aliphatic heterocycles. The summed E-state index contributed by atoms with van der Waals surface area (Å²) in [6.45, 7) is 5.42. The molecule has 2 atom stereocenters. The standard InChI is InChI=1S/C26H31FN2O4/c1-4-32-24-14-21-17(12-23(24)31-3)9-11-29-26(21,25(16-30)33-5-2)10-8-18-15-28-22-7-6-19(27)13-20(18)22/h6-7,12-16,25,28-29H,4-5,8-11H2,1-3H3/t25?,26-/m0/s1. The third kappa shape index (κ3) is 4.35. The number of halogens is 1. The third-order valence-corrected chi connectivity index (χ3v) is 6.48. The van der Waals surface area contributed by atoms with Gasteiger partial charge in [0.1, 0.15) is 11.9 Å². The Balaban J connectivity index is 1.79. The van der Waals surface area contributed by atoms with Gasteiger partial charge in [-0.1, -0.05) is 0 Å². The number of benzene rings is 2. The molecule has 0 aliphatic carbocycles. The van der Waals surface area contributed by atoms with Gasteiger partial charge in [-0.15, -0.1) is 0 Å². The molecule has 0 spiro atoms. The topological polar surface area (TPSA) is 72.6 Å². The normalized spacial score (nSPS) is 18.7. The predicted molar refractivity (Wildman–Crippen MR) is 126 cm³/mol. The number of aryl methyl sites for hydroxylation is 1. The van der Waals surface area contributed by atoms with Crippen molar-refractivity contribution < 1.29 is 23.4 Å². The average molecular weight is 455 g/mol. The number of aromatic nitrogens is 1. The smallest absolute Gasteiger partial charge is 0.161 e. The summed E-state index contributed by atoms with van der Waals surface area (Å²) in [7, 11) is 1.63. The van der Waals surface area contributed by atoms with Crippen LogP contribution in [-0.2, 0) is 27.9 Å². The number of methoxy groups -OCH3 is 1. The Kier molecular flexibility index (Phi) is 7.00. The maximum Gasteiger partial charge on any atom is 0.161 e. The Morgan fingerprint density at radius 3 is 2.76 bits per heavy atom. The van der Waals surface area contributed by atoms with Crippen LogP contribution in [0.3, 0.4) is 0 Å². The highest BCUT2D eigenvalue weighted by Crippen LogP contribution is 2.42. The maximum absolute atomic E-state index is 13.9. The van der Waals surface area contributed by atoms with Gasteiger partial charge in [0.05, 0.1) is 19.3 Å². The van der Waals surface area contributed by atoms with E-state index < -0.39 is 11.6 Å². The van der Waals surface area contributed by atoms with E-state index in [1.807, 2.05) is 32.2 Å². The Labute approximate surface area is 193 Å². The van der Waals surface area contributed by atoms with Crippen LogP contribution in [-0.4, -0.2) is 44.2 Å². The van der Waals surface area contributed by atoms with E-state index in [0.717, 1.165) is 40.3 Å². The van der Waals surface area contributed by atoms with Crippen LogP contribution in [0.15, 0.2) is 36.5 Å². The summed E-state index contributed by atoms with van der Waals surface area (Å²) in [5.74, 6) is 1.05. The maximum atomic E-state index is 13.9. The van der Waals surface area contributed by atoms with E-state index in [2.05, 4.69) is 10.3 Å². The molecule has 3 aromatic rings. The van der Waals surface area contributed by atoms with Gasteiger partial charge < -0.3 is 29.3 Å². The van der Waals surface area contributed by atoms with Crippen molar-refractivity contribution >= 4 is 17.2 Å². The zero-order valence-electron chi connectivity index (χ0n) is 19.4. The van der Waals surface area contributed by atoms with Crippen molar-refractivity contribution in [1.82, 2.24) is 10.3 Å². The minimum absolute atomic E-state index is 0.271. The molecular formula is C26H31FN2O4. The summed E-state index contributed by atoms with van der Waals surface area (Å²) in [6.07, 6.45) is 4.12. The van der Waals surface area contributed by atoms with Gasteiger partial charge >= 0.3 is 0 Å². The molecular weight excluding hydrogens is 423 g/mol. The van der Waals surface area contributed by atoms with E-state index >= 15 is 0 Å². The molecule has 0 radical (unpaired) electrons. The Morgan fingerprint density at radius 1 is 1.18 bits per heavy atom. The first kappa shape index (κ1) is 23.3. The zero-order valence-corrected chi connectivity index (χ0v) is 19.4. The molecule has 0 fully saturated rings. The van der Waals surface area contributed by atoms with Gasteiger partial charge in [-0.2, -0.15) is 0 Å². The molecule has 0 amide bonds. The van der Waals surface area contributed by atoms with Crippen molar-refractivity contribution in [3.05, 3.63) is 59.0 Å². The number of fused-ring (bicyclic) bond motifs is 2. The molecule has 1 aliphatic rings. The molecule has 0 bridgehead atoms. The lowest BCUT2D eigenvalue weighted by Crippen LogP contribution is -2.57. The highest BCUT2D eigenvalue weighted by Gasteiger charge is 2.44. The summed E-state index contributed by atoms with van der Waals surface area (Å²) < 4.78 is 31.3. The van der Waals surface area contributed by atoms with Crippen molar-refractivity contribution in [2.24, 2.45) is 0 Å². The van der Waals surface area contributed by atoms with Gasteiger partial charge in [-0.3, -0.25) is 0 Å². The fourth-order valence-electron chi connectivity index (χ4n) is 4.95. The molecule has 0 saturated heterocycles. The van der Waals surface area contributed by atoms with Gasteiger partial charge in [0.2, 0.25) is 0 Å². The summed E-state index contributed by atoms with van der Waals surface area (Å²) in [4.78, 5) is 15.5. The minimum Gasteiger partial charge on any atom is -0.493 e. The molecule has 33 heavy (non-hydrogen) atoms. The number of aromatic amines is 1. The van der Waals surface area contributed by atoms with Gasteiger partial charge in [-0.25, -0.2) is 4.39 Å². The lowest BCUT2D eigenvalue weighted by atomic mass is 9.74. The Hall–Kier alpha value is -2.90. The van der Waals surface area contributed by atoms with Crippen molar-refractivity contribution in [3.63, 3.8) is 0 Å². The highest BCUT2D eigenvalue weighted by molar-refractivity contribution is 5.83. The number of H-pyrrole nitrogens is 1. The van der Waals surface area contributed by atoms with E-state index in [4.69, 9.17) is 14.2 Å². The predicted octanol–water partition coefficient (Wildman–Crippen LogP) is 4.29. The number of hydrogen-bond acceptors (Lipinski definition) is 5. The number of hydrogen-bond donors (Lipinski definition) is 2. The SMILES string of the molecule is CCOc1cc2c(cc1OC)CCN[C@]2(CCc1c[nH]c2ccc(F)cc12)C(C=O)OCC. The van der Waals surface area contributed by atoms with Crippen LogP contribution in [0.5, 0.6) is 11.5 Å². The molecule has 2 N–H and O–H groups in total. The summed E-state index contributed by atoms with van der Waals surface area (Å²) in [5.41, 5.74) is 3.22. The molecule has 7 heteroatoms. The molecule has 2 aromatic carbocycles. The lowest BCUT2D eigenvalue weighted by Gasteiger charge is -2.44. The molecule has 176 valence electrons. The number of carbonyl (C=O) groups excluding carboxylic acids is 1. The number of nitrogens with one attached hydrogen (secondary N) is 2. The van der Waals surface area contributed by atoms with Crippen LogP contribution < -0.4 is 14.8 Å². The molecule has 1 unspecified atom stereocenters. The second-order valence-corrected chi connectivity index (χ2v) is 8.26. The van der Waals surface area contributed by atoms with Gasteiger partial charge in [0.15, 0.2) is 17.8 Å². The van der Waals surface area contributed by atoms with Gasteiger partial charge in [0, 0.05) is 30.3 Å². The van der Waals surface area contributed by atoms with E-state index in [1.54, 1.807) is 19.2 Å². The summed E-state index contributed by atoms with van der Waals surface area (Å²) in [5, 5.41) is 4.47. The first-order valence-corrected chi connectivity index (χ1v) is 11.5. The van der Waals surface area contributed by atoms with E-state index in [1.165, 1.54) is 6.07 Å². The number of carbonyl (C=O) groups is 1. The largest absolute Gasteiger partial charge is 0.493 e. The van der Waals surface area contributed by atoms with Crippen LogP contribution in [0, 0.1) is 5.82 Å². The second kappa shape index (κ2) is 9.93. The van der Waals surface area contributed by atoms with Gasteiger partial charge in [-0.05, 0) is 80.1 Å².